The van der Waals surface area contributed by atoms with Gasteiger partial charge in [0, 0.05) is 0 Å². The Hall–Kier alpha value is -0.866. The Morgan fingerprint density at radius 3 is 1.86 bits per heavy atom. The Bertz CT molecular complexity index is 511. The summed E-state index contributed by atoms with van der Waals surface area (Å²) in [5, 5.41) is 0. The largest absolute Gasteiger partial charge is 0.0913 e. The van der Waals surface area contributed by atoms with E-state index < -0.39 is 16.1 Å². The van der Waals surface area contributed by atoms with Crippen LogP contribution in [-0.4, -0.2) is 16.1 Å². The second kappa shape index (κ2) is 8.12. The van der Waals surface area contributed by atoms with Gasteiger partial charge < -0.3 is 0 Å². The number of allylic oxidation sites excluding steroid dienone is 2. The number of hydrogen-bond donors (Lipinski definition) is 0. The SMILES string of the molecule is CCCCC(=C[Si](C)(C)C)C(=C[Si](C)(C)C)c1ccccc1. The van der Waals surface area contributed by atoms with Gasteiger partial charge in [0.1, 0.15) is 0 Å². The van der Waals surface area contributed by atoms with Gasteiger partial charge >= 0.3 is 0 Å². The highest BCUT2D eigenvalue weighted by Crippen LogP contribution is 2.30. The average Bonchev–Trinajstić information content (AvgIpc) is 2.40. The monoisotopic (exact) mass is 330 g/mol. The van der Waals surface area contributed by atoms with E-state index >= 15 is 0 Å². The molecule has 0 radical (unpaired) electrons. The Morgan fingerprint density at radius 2 is 1.41 bits per heavy atom. The molecule has 1 rings (SSSR count). The van der Waals surface area contributed by atoms with Gasteiger partial charge in [0.25, 0.3) is 0 Å². The molecule has 0 aliphatic heterocycles. The Labute approximate surface area is 140 Å². The van der Waals surface area contributed by atoms with Crippen molar-refractivity contribution >= 4 is 21.7 Å². The molecule has 122 valence electrons. The molecular formula is C20H34Si2. The fraction of sp³-hybridized carbons (Fsp3) is 0.500. The van der Waals surface area contributed by atoms with Crippen LogP contribution < -0.4 is 0 Å². The van der Waals surface area contributed by atoms with E-state index in [1.807, 2.05) is 0 Å². The van der Waals surface area contributed by atoms with Crippen molar-refractivity contribution in [1.82, 2.24) is 0 Å². The second-order valence-corrected chi connectivity index (χ2v) is 18.5. The molecule has 0 aliphatic carbocycles. The molecule has 0 fully saturated rings. The molecule has 0 saturated carbocycles. The van der Waals surface area contributed by atoms with Crippen molar-refractivity contribution in [2.75, 3.05) is 0 Å². The molecule has 0 bridgehead atoms. The molecule has 0 atom stereocenters. The molecule has 0 heterocycles. The van der Waals surface area contributed by atoms with Crippen LogP contribution in [0.25, 0.3) is 5.57 Å². The third-order valence-electron chi connectivity index (χ3n) is 3.42. The molecule has 1 aromatic rings. The van der Waals surface area contributed by atoms with Crippen LogP contribution in [0.15, 0.2) is 47.3 Å². The molecule has 0 saturated heterocycles. The predicted molar refractivity (Wildman–Crippen MR) is 109 cm³/mol. The first kappa shape index (κ1) is 19.2. The molecular weight excluding hydrogens is 296 g/mol. The normalized spacial score (nSPS) is 14.3. The first-order valence-electron chi connectivity index (χ1n) is 8.63. The molecule has 0 aromatic heterocycles. The van der Waals surface area contributed by atoms with Crippen LogP contribution in [0.5, 0.6) is 0 Å². The third kappa shape index (κ3) is 7.41. The number of benzene rings is 1. The molecule has 0 N–H and O–H groups in total. The van der Waals surface area contributed by atoms with Crippen molar-refractivity contribution < 1.29 is 0 Å². The Morgan fingerprint density at radius 1 is 0.864 bits per heavy atom. The Balaban J connectivity index is 3.38. The van der Waals surface area contributed by atoms with Crippen LogP contribution in [0.1, 0.15) is 31.7 Å². The fourth-order valence-corrected chi connectivity index (χ4v) is 5.15. The second-order valence-electron chi connectivity index (χ2n) is 8.43. The van der Waals surface area contributed by atoms with E-state index in [1.165, 1.54) is 30.4 Å². The van der Waals surface area contributed by atoms with Gasteiger partial charge in [-0.3, -0.25) is 0 Å². The van der Waals surface area contributed by atoms with Gasteiger partial charge in [0.15, 0.2) is 0 Å². The lowest BCUT2D eigenvalue weighted by atomic mass is 9.97. The van der Waals surface area contributed by atoms with Crippen LogP contribution in [0.3, 0.4) is 0 Å². The van der Waals surface area contributed by atoms with Gasteiger partial charge in [-0.1, -0.05) is 94.4 Å². The average molecular weight is 331 g/mol. The minimum atomic E-state index is -1.27. The highest BCUT2D eigenvalue weighted by Gasteiger charge is 2.18. The summed E-state index contributed by atoms with van der Waals surface area (Å²) in [5.41, 5.74) is 9.72. The van der Waals surface area contributed by atoms with E-state index in [0.717, 1.165) is 0 Å². The van der Waals surface area contributed by atoms with E-state index in [9.17, 15) is 0 Å². The lowest BCUT2D eigenvalue weighted by Gasteiger charge is -2.21. The molecule has 0 spiro atoms. The zero-order valence-corrected chi connectivity index (χ0v) is 17.7. The van der Waals surface area contributed by atoms with Gasteiger partial charge in [-0.2, -0.15) is 0 Å². The molecule has 22 heavy (non-hydrogen) atoms. The summed E-state index contributed by atoms with van der Waals surface area (Å²) in [6.45, 7) is 16.9. The van der Waals surface area contributed by atoms with Crippen molar-refractivity contribution in [1.29, 1.82) is 0 Å². The first-order chi connectivity index (χ1) is 10.1. The summed E-state index contributed by atoms with van der Waals surface area (Å²) in [7, 11) is -2.50. The van der Waals surface area contributed by atoms with Crippen LogP contribution in [0.2, 0.25) is 39.3 Å². The molecule has 0 amide bonds. The molecule has 0 unspecified atom stereocenters. The zero-order valence-electron chi connectivity index (χ0n) is 15.7. The maximum Gasteiger partial charge on any atom is 0.0695 e. The smallest absolute Gasteiger partial charge is 0.0695 e. The minimum absolute atomic E-state index is 1.21. The molecule has 2 heteroatoms. The first-order valence-corrected chi connectivity index (χ1v) is 15.8. The predicted octanol–water partition coefficient (Wildman–Crippen LogP) is 6.94. The lowest BCUT2D eigenvalue weighted by Crippen LogP contribution is -2.20. The van der Waals surface area contributed by atoms with Crippen LogP contribution >= 0.6 is 0 Å². The summed E-state index contributed by atoms with van der Waals surface area (Å²) < 4.78 is 0. The molecule has 0 aliphatic rings. The van der Waals surface area contributed by atoms with Gasteiger partial charge in [-0.05, 0) is 29.6 Å². The van der Waals surface area contributed by atoms with Gasteiger partial charge in [-0.25, -0.2) is 0 Å². The summed E-state index contributed by atoms with van der Waals surface area (Å²) >= 11 is 0. The number of unbranched alkanes of at least 4 members (excludes halogenated alkanes) is 1. The maximum atomic E-state index is 2.63. The topological polar surface area (TPSA) is 0 Å². The summed E-state index contributed by atoms with van der Waals surface area (Å²) in [5.74, 6) is 0. The third-order valence-corrected chi connectivity index (χ3v) is 5.78. The molecule has 1 aromatic carbocycles. The highest BCUT2D eigenvalue weighted by atomic mass is 28.3. The van der Waals surface area contributed by atoms with E-state index in [1.54, 1.807) is 5.57 Å². The maximum absolute atomic E-state index is 2.63. The van der Waals surface area contributed by atoms with Crippen molar-refractivity contribution in [2.45, 2.75) is 65.5 Å². The van der Waals surface area contributed by atoms with Crippen LogP contribution in [0, 0.1) is 0 Å². The van der Waals surface area contributed by atoms with Gasteiger partial charge in [0.05, 0.1) is 16.1 Å². The number of hydrogen-bond acceptors (Lipinski definition) is 0. The van der Waals surface area contributed by atoms with E-state index in [-0.39, 0.29) is 0 Å². The fourth-order valence-electron chi connectivity index (χ4n) is 2.59. The van der Waals surface area contributed by atoms with Crippen molar-refractivity contribution in [3.63, 3.8) is 0 Å². The lowest BCUT2D eigenvalue weighted by molar-refractivity contribution is 0.801. The van der Waals surface area contributed by atoms with Gasteiger partial charge in [-0.15, -0.1) is 0 Å². The van der Waals surface area contributed by atoms with Crippen molar-refractivity contribution in [2.24, 2.45) is 0 Å². The van der Waals surface area contributed by atoms with Crippen molar-refractivity contribution in [3.05, 3.63) is 52.9 Å². The Kier molecular flexibility index (Phi) is 7.08. The van der Waals surface area contributed by atoms with Crippen LogP contribution in [-0.2, 0) is 0 Å². The van der Waals surface area contributed by atoms with Crippen molar-refractivity contribution in [3.8, 4) is 0 Å². The number of rotatable bonds is 7. The summed E-state index contributed by atoms with van der Waals surface area (Å²) in [6, 6.07) is 11.0. The summed E-state index contributed by atoms with van der Waals surface area (Å²) in [6.07, 6.45) is 3.76. The van der Waals surface area contributed by atoms with E-state index in [2.05, 4.69) is 87.9 Å². The molecule has 0 nitrogen and oxygen atoms in total. The van der Waals surface area contributed by atoms with Crippen LogP contribution in [0.4, 0.5) is 0 Å². The van der Waals surface area contributed by atoms with E-state index in [4.69, 9.17) is 0 Å². The summed E-state index contributed by atoms with van der Waals surface area (Å²) in [4.78, 5) is 0. The standard InChI is InChI=1S/C20H34Si2/c1-8-9-13-19(16-21(2,3)4)20(17-22(5,6)7)18-14-11-10-12-15-18/h10-12,14-17H,8-9,13H2,1-7H3. The van der Waals surface area contributed by atoms with E-state index in [0.29, 0.717) is 0 Å². The quantitative estimate of drug-likeness (QED) is 0.375. The van der Waals surface area contributed by atoms with Gasteiger partial charge in [0.2, 0.25) is 0 Å². The zero-order chi connectivity index (χ0) is 16.8. The highest BCUT2D eigenvalue weighted by molar-refractivity contribution is 6.82. The minimum Gasteiger partial charge on any atom is -0.0913 e.